The van der Waals surface area contributed by atoms with E-state index >= 15 is 0 Å². The number of amides is 1. The minimum atomic E-state index is -0.458. The number of rotatable bonds is 2. The number of carbonyl (C=O) groups is 1. The van der Waals surface area contributed by atoms with Crippen molar-refractivity contribution in [3.05, 3.63) is 35.4 Å². The predicted octanol–water partition coefficient (Wildman–Crippen LogP) is 2.99. The lowest BCUT2D eigenvalue weighted by molar-refractivity contribution is 0.0137. The third kappa shape index (κ3) is 5.02. The van der Waals surface area contributed by atoms with Gasteiger partial charge in [0.2, 0.25) is 0 Å². The Morgan fingerprint density at radius 3 is 2.73 bits per heavy atom. The summed E-state index contributed by atoms with van der Waals surface area (Å²) in [7, 11) is 0. The van der Waals surface area contributed by atoms with Crippen LogP contribution in [0, 0.1) is 6.92 Å². The maximum absolute atomic E-state index is 12.3. The molecule has 1 amide bonds. The molecule has 0 aromatic heterocycles. The van der Waals surface area contributed by atoms with E-state index in [1.54, 1.807) is 4.90 Å². The summed E-state index contributed by atoms with van der Waals surface area (Å²) in [6.45, 7) is 11.4. The SMILES string of the molecule is Cc1ccccc1CNC1=NCC2CN(C(=O)OC(C)(C)C)CCN12.I. The number of fused-ring (bicyclic) bond motifs is 1. The van der Waals surface area contributed by atoms with Gasteiger partial charge in [0, 0.05) is 26.2 Å². The van der Waals surface area contributed by atoms with Gasteiger partial charge in [-0.2, -0.15) is 0 Å². The van der Waals surface area contributed by atoms with Crippen LogP contribution in [-0.2, 0) is 11.3 Å². The number of ether oxygens (including phenoxy) is 1. The molecule has 2 aliphatic rings. The molecule has 0 spiro atoms. The number of guanidine groups is 1. The number of aliphatic imine (C=N–C) groups is 1. The molecule has 0 radical (unpaired) electrons. The van der Waals surface area contributed by atoms with Crippen LogP contribution in [-0.4, -0.2) is 59.7 Å². The highest BCUT2D eigenvalue weighted by Gasteiger charge is 2.36. The van der Waals surface area contributed by atoms with Crippen LogP contribution in [0.3, 0.4) is 0 Å². The summed E-state index contributed by atoms with van der Waals surface area (Å²) in [5.41, 5.74) is 2.10. The normalized spacial score (nSPS) is 19.4. The van der Waals surface area contributed by atoms with Crippen LogP contribution in [0.25, 0.3) is 0 Å². The summed E-state index contributed by atoms with van der Waals surface area (Å²) < 4.78 is 5.49. The van der Waals surface area contributed by atoms with Crippen LogP contribution in [0.1, 0.15) is 31.9 Å². The van der Waals surface area contributed by atoms with Gasteiger partial charge in [-0.1, -0.05) is 24.3 Å². The molecule has 1 atom stereocenters. The van der Waals surface area contributed by atoms with Crippen LogP contribution in [0.2, 0.25) is 0 Å². The lowest BCUT2D eigenvalue weighted by atomic mass is 10.1. The van der Waals surface area contributed by atoms with Gasteiger partial charge in [-0.05, 0) is 38.8 Å². The Balaban J connectivity index is 0.00000243. The molecule has 2 aliphatic heterocycles. The van der Waals surface area contributed by atoms with E-state index in [0.717, 1.165) is 25.6 Å². The van der Waals surface area contributed by atoms with Gasteiger partial charge in [-0.25, -0.2) is 4.79 Å². The number of carbonyl (C=O) groups excluding carboxylic acids is 1. The van der Waals surface area contributed by atoms with Crippen molar-refractivity contribution in [2.75, 3.05) is 26.2 Å². The summed E-state index contributed by atoms with van der Waals surface area (Å²) in [6, 6.07) is 8.60. The van der Waals surface area contributed by atoms with Gasteiger partial charge in [0.25, 0.3) is 0 Å². The van der Waals surface area contributed by atoms with Crippen molar-refractivity contribution in [3.63, 3.8) is 0 Å². The molecule has 26 heavy (non-hydrogen) atoms. The van der Waals surface area contributed by atoms with E-state index in [9.17, 15) is 4.79 Å². The molecule has 144 valence electrons. The topological polar surface area (TPSA) is 57.2 Å². The van der Waals surface area contributed by atoms with E-state index in [0.29, 0.717) is 13.1 Å². The van der Waals surface area contributed by atoms with Crippen LogP contribution in [0.5, 0.6) is 0 Å². The van der Waals surface area contributed by atoms with Gasteiger partial charge >= 0.3 is 6.09 Å². The zero-order valence-electron chi connectivity index (χ0n) is 16.0. The predicted molar refractivity (Wildman–Crippen MR) is 114 cm³/mol. The number of halogens is 1. The molecule has 0 aliphatic carbocycles. The Hall–Kier alpha value is -1.51. The second-order valence-corrected chi connectivity index (χ2v) is 7.72. The smallest absolute Gasteiger partial charge is 0.410 e. The lowest BCUT2D eigenvalue weighted by Crippen LogP contribution is -2.57. The highest BCUT2D eigenvalue weighted by Crippen LogP contribution is 2.19. The fraction of sp³-hybridized carbons (Fsp3) is 0.579. The second-order valence-electron chi connectivity index (χ2n) is 7.72. The first-order chi connectivity index (χ1) is 11.8. The number of hydrogen-bond donors (Lipinski definition) is 1. The van der Waals surface area contributed by atoms with Gasteiger partial charge in [0.1, 0.15) is 5.60 Å². The molecule has 0 saturated carbocycles. The number of benzene rings is 1. The van der Waals surface area contributed by atoms with E-state index in [2.05, 4.69) is 46.4 Å². The van der Waals surface area contributed by atoms with E-state index < -0.39 is 5.60 Å². The third-order valence-electron chi connectivity index (χ3n) is 4.56. The molecule has 1 aromatic rings. The first-order valence-electron chi connectivity index (χ1n) is 8.91. The van der Waals surface area contributed by atoms with Gasteiger partial charge in [-0.3, -0.25) is 4.99 Å². The summed E-state index contributed by atoms with van der Waals surface area (Å²) in [4.78, 5) is 21.0. The van der Waals surface area contributed by atoms with Crippen molar-refractivity contribution in [1.29, 1.82) is 0 Å². The quantitative estimate of drug-likeness (QED) is 0.673. The first-order valence-corrected chi connectivity index (χ1v) is 8.91. The minimum absolute atomic E-state index is 0. The molecule has 1 N–H and O–H groups in total. The summed E-state index contributed by atoms with van der Waals surface area (Å²) in [5, 5.41) is 3.46. The third-order valence-corrected chi connectivity index (χ3v) is 4.56. The Kier molecular flexibility index (Phi) is 6.76. The molecule has 3 rings (SSSR count). The number of piperazine rings is 1. The second kappa shape index (κ2) is 8.45. The van der Waals surface area contributed by atoms with Crippen molar-refractivity contribution in [2.24, 2.45) is 4.99 Å². The van der Waals surface area contributed by atoms with Crippen molar-refractivity contribution in [3.8, 4) is 0 Å². The van der Waals surface area contributed by atoms with Gasteiger partial charge < -0.3 is 19.9 Å². The Bertz CT molecular complexity index is 672. The average molecular weight is 472 g/mol. The maximum Gasteiger partial charge on any atom is 0.410 e. The van der Waals surface area contributed by atoms with Gasteiger partial charge in [0.15, 0.2) is 5.96 Å². The van der Waals surface area contributed by atoms with Gasteiger partial charge in [0.05, 0.1) is 12.6 Å². The van der Waals surface area contributed by atoms with Crippen molar-refractivity contribution in [2.45, 2.75) is 45.9 Å². The number of nitrogens with one attached hydrogen (secondary N) is 1. The molecule has 1 fully saturated rings. The van der Waals surface area contributed by atoms with Crippen LogP contribution >= 0.6 is 24.0 Å². The van der Waals surface area contributed by atoms with E-state index in [4.69, 9.17) is 4.74 Å². The standard InChI is InChI=1S/C19H28N4O2.HI/c1-14-7-5-6-8-15(14)11-20-17-21-12-16-13-22(9-10-23(16)17)18(24)25-19(2,3)4;/h5-8,16H,9-13H2,1-4H3,(H,20,21);1H. The fourth-order valence-electron chi connectivity index (χ4n) is 3.21. The Morgan fingerprint density at radius 1 is 1.31 bits per heavy atom. The van der Waals surface area contributed by atoms with Crippen LogP contribution in [0.15, 0.2) is 29.3 Å². The molecule has 1 unspecified atom stereocenters. The number of aryl methyl sites for hydroxylation is 1. The summed E-state index contributed by atoms with van der Waals surface area (Å²) >= 11 is 0. The maximum atomic E-state index is 12.3. The summed E-state index contributed by atoms with van der Waals surface area (Å²) in [6.07, 6.45) is -0.228. The first kappa shape index (κ1) is 20.8. The summed E-state index contributed by atoms with van der Waals surface area (Å²) in [5.74, 6) is 0.942. The molecule has 1 aromatic carbocycles. The van der Waals surface area contributed by atoms with E-state index in [1.807, 2.05) is 20.8 Å². The Labute approximate surface area is 173 Å². The fourth-order valence-corrected chi connectivity index (χ4v) is 3.21. The zero-order chi connectivity index (χ0) is 18.0. The largest absolute Gasteiger partial charge is 0.444 e. The van der Waals surface area contributed by atoms with Crippen LogP contribution in [0.4, 0.5) is 4.79 Å². The van der Waals surface area contributed by atoms with Crippen molar-refractivity contribution < 1.29 is 9.53 Å². The molecule has 0 bridgehead atoms. The molecule has 2 heterocycles. The highest BCUT2D eigenvalue weighted by molar-refractivity contribution is 14.0. The van der Waals surface area contributed by atoms with E-state index in [-0.39, 0.29) is 36.1 Å². The molecule has 1 saturated heterocycles. The average Bonchev–Trinajstić information content (AvgIpc) is 2.95. The van der Waals surface area contributed by atoms with Crippen molar-refractivity contribution in [1.82, 2.24) is 15.1 Å². The number of nitrogens with zero attached hydrogens (tertiary/aromatic N) is 3. The lowest BCUT2D eigenvalue weighted by Gasteiger charge is -2.39. The monoisotopic (exact) mass is 472 g/mol. The molecular formula is C19H29IN4O2. The number of hydrogen-bond acceptors (Lipinski definition) is 5. The minimum Gasteiger partial charge on any atom is -0.444 e. The van der Waals surface area contributed by atoms with Crippen LogP contribution < -0.4 is 5.32 Å². The molecule has 7 heteroatoms. The zero-order valence-corrected chi connectivity index (χ0v) is 18.3. The van der Waals surface area contributed by atoms with Gasteiger partial charge in [-0.15, -0.1) is 24.0 Å². The Morgan fingerprint density at radius 2 is 2.04 bits per heavy atom. The molecular weight excluding hydrogens is 443 g/mol. The molecule has 6 nitrogen and oxygen atoms in total. The van der Waals surface area contributed by atoms with Crippen molar-refractivity contribution >= 4 is 36.0 Å². The van der Waals surface area contributed by atoms with E-state index in [1.165, 1.54) is 11.1 Å². The highest BCUT2D eigenvalue weighted by atomic mass is 127.